The Morgan fingerprint density at radius 3 is 2.83 bits per heavy atom. The smallest absolute Gasteiger partial charge is 0.0924 e. The first-order valence-electron chi connectivity index (χ1n) is 5.58. The average Bonchev–Trinajstić information content (AvgIpc) is 2.94. The number of halogens is 1. The van der Waals surface area contributed by atoms with Crippen LogP contribution in [0.4, 0.5) is 0 Å². The standard InChI is InChI=1S/C13H12ClN3S/c1-17-10-5-3-2-4-8(10)12(16-17)11(15)13-9(14)6-7-18-13/h2-7,11H,15H2,1H3. The van der Waals surface area contributed by atoms with E-state index >= 15 is 0 Å². The Balaban J connectivity index is 2.18. The third kappa shape index (κ3) is 1.73. The van der Waals surface area contributed by atoms with Crippen LogP contribution in [0.25, 0.3) is 10.9 Å². The molecule has 0 saturated carbocycles. The summed E-state index contributed by atoms with van der Waals surface area (Å²) in [5, 5.41) is 8.26. The van der Waals surface area contributed by atoms with Gasteiger partial charge >= 0.3 is 0 Å². The van der Waals surface area contributed by atoms with Gasteiger partial charge in [0.1, 0.15) is 0 Å². The van der Waals surface area contributed by atoms with Gasteiger partial charge in [-0.1, -0.05) is 29.8 Å². The molecule has 1 unspecified atom stereocenters. The zero-order valence-electron chi connectivity index (χ0n) is 9.80. The van der Waals surface area contributed by atoms with Crippen LogP contribution in [0, 0.1) is 0 Å². The van der Waals surface area contributed by atoms with Gasteiger partial charge in [0.05, 0.1) is 22.3 Å². The molecule has 0 bridgehead atoms. The number of thiophene rings is 1. The number of hydrogen-bond acceptors (Lipinski definition) is 3. The number of para-hydroxylation sites is 1. The van der Waals surface area contributed by atoms with Crippen molar-refractivity contribution in [2.75, 3.05) is 0 Å². The molecule has 0 aliphatic carbocycles. The van der Waals surface area contributed by atoms with Crippen LogP contribution in [-0.2, 0) is 7.05 Å². The van der Waals surface area contributed by atoms with E-state index < -0.39 is 0 Å². The Morgan fingerprint density at radius 1 is 1.33 bits per heavy atom. The summed E-state index contributed by atoms with van der Waals surface area (Å²) in [6, 6.07) is 9.66. The molecule has 5 heteroatoms. The number of aryl methyl sites for hydroxylation is 1. The van der Waals surface area contributed by atoms with Crippen molar-refractivity contribution in [3.05, 3.63) is 51.3 Å². The number of aromatic nitrogens is 2. The maximum Gasteiger partial charge on any atom is 0.0924 e. The van der Waals surface area contributed by atoms with Crippen LogP contribution in [0.15, 0.2) is 35.7 Å². The van der Waals surface area contributed by atoms with E-state index in [0.717, 1.165) is 21.5 Å². The lowest BCUT2D eigenvalue weighted by molar-refractivity contribution is 0.737. The quantitative estimate of drug-likeness (QED) is 0.781. The molecule has 0 fully saturated rings. The molecule has 0 aliphatic heterocycles. The predicted molar refractivity (Wildman–Crippen MR) is 76.1 cm³/mol. The maximum atomic E-state index is 6.29. The summed E-state index contributed by atoms with van der Waals surface area (Å²) in [5.74, 6) is 0. The van der Waals surface area contributed by atoms with Gasteiger partial charge in [0.2, 0.25) is 0 Å². The zero-order valence-corrected chi connectivity index (χ0v) is 11.4. The molecule has 1 atom stereocenters. The minimum Gasteiger partial charge on any atom is -0.318 e. The molecule has 3 aromatic rings. The normalized spacial score (nSPS) is 13.1. The van der Waals surface area contributed by atoms with Crippen molar-refractivity contribution < 1.29 is 0 Å². The first kappa shape index (κ1) is 11.7. The van der Waals surface area contributed by atoms with E-state index in [-0.39, 0.29) is 6.04 Å². The molecule has 3 rings (SSSR count). The molecule has 0 amide bonds. The monoisotopic (exact) mass is 277 g/mol. The van der Waals surface area contributed by atoms with E-state index in [1.54, 1.807) is 11.3 Å². The van der Waals surface area contributed by atoms with E-state index in [1.807, 2.05) is 47.4 Å². The highest BCUT2D eigenvalue weighted by Gasteiger charge is 2.20. The van der Waals surface area contributed by atoms with Crippen LogP contribution < -0.4 is 5.73 Å². The molecule has 92 valence electrons. The topological polar surface area (TPSA) is 43.8 Å². The molecule has 0 saturated heterocycles. The molecule has 2 aromatic heterocycles. The Bertz CT molecular complexity index is 701. The molecule has 0 radical (unpaired) electrons. The SMILES string of the molecule is Cn1nc(C(N)c2sccc2Cl)c2ccccc21. The first-order valence-corrected chi connectivity index (χ1v) is 6.84. The molecule has 0 spiro atoms. The summed E-state index contributed by atoms with van der Waals surface area (Å²) >= 11 is 7.70. The number of fused-ring (bicyclic) bond motifs is 1. The summed E-state index contributed by atoms with van der Waals surface area (Å²) in [6.07, 6.45) is 0. The van der Waals surface area contributed by atoms with E-state index in [9.17, 15) is 0 Å². The summed E-state index contributed by atoms with van der Waals surface area (Å²) in [7, 11) is 1.93. The number of hydrogen-bond donors (Lipinski definition) is 1. The minimum absolute atomic E-state index is 0.274. The second kappa shape index (κ2) is 4.39. The largest absolute Gasteiger partial charge is 0.318 e. The minimum atomic E-state index is -0.274. The van der Waals surface area contributed by atoms with Crippen LogP contribution in [0.2, 0.25) is 5.02 Å². The lowest BCUT2D eigenvalue weighted by Crippen LogP contribution is -2.12. The molecule has 3 nitrogen and oxygen atoms in total. The number of nitrogens with zero attached hydrogens (tertiary/aromatic N) is 2. The van der Waals surface area contributed by atoms with Gasteiger partial charge in [-0.15, -0.1) is 11.3 Å². The first-order chi connectivity index (χ1) is 8.68. The van der Waals surface area contributed by atoms with Crippen molar-refractivity contribution in [3.63, 3.8) is 0 Å². The van der Waals surface area contributed by atoms with Gasteiger partial charge in [-0.3, -0.25) is 4.68 Å². The second-order valence-corrected chi connectivity index (χ2v) is 5.49. The highest BCUT2D eigenvalue weighted by atomic mass is 35.5. The van der Waals surface area contributed by atoms with Gasteiger partial charge < -0.3 is 5.73 Å². The number of benzene rings is 1. The van der Waals surface area contributed by atoms with Crippen LogP contribution in [0.1, 0.15) is 16.6 Å². The van der Waals surface area contributed by atoms with Gasteiger partial charge in [-0.25, -0.2) is 0 Å². The van der Waals surface area contributed by atoms with Crippen molar-refractivity contribution in [3.8, 4) is 0 Å². The van der Waals surface area contributed by atoms with Crippen LogP contribution in [0.3, 0.4) is 0 Å². The predicted octanol–water partition coefficient (Wildman–Crippen LogP) is 3.34. The van der Waals surface area contributed by atoms with Crippen molar-refractivity contribution >= 4 is 33.8 Å². The van der Waals surface area contributed by atoms with Crippen molar-refractivity contribution in [1.82, 2.24) is 9.78 Å². The fourth-order valence-electron chi connectivity index (χ4n) is 2.12. The Kier molecular flexibility index (Phi) is 2.86. The second-order valence-electron chi connectivity index (χ2n) is 4.14. The fourth-order valence-corrected chi connectivity index (χ4v) is 3.30. The van der Waals surface area contributed by atoms with E-state index in [0.29, 0.717) is 5.02 Å². The average molecular weight is 278 g/mol. The lowest BCUT2D eigenvalue weighted by Gasteiger charge is -2.07. The van der Waals surface area contributed by atoms with E-state index in [4.69, 9.17) is 17.3 Å². The van der Waals surface area contributed by atoms with Gasteiger partial charge in [0.15, 0.2) is 0 Å². The molecule has 1 aromatic carbocycles. The molecular weight excluding hydrogens is 266 g/mol. The van der Waals surface area contributed by atoms with E-state index in [2.05, 4.69) is 5.10 Å². The Hall–Kier alpha value is -1.36. The lowest BCUT2D eigenvalue weighted by atomic mass is 10.1. The van der Waals surface area contributed by atoms with Gasteiger partial charge in [-0.05, 0) is 17.5 Å². The van der Waals surface area contributed by atoms with Gasteiger partial charge in [0, 0.05) is 17.3 Å². The summed E-state index contributed by atoms with van der Waals surface area (Å²) in [5.41, 5.74) is 8.24. The molecule has 18 heavy (non-hydrogen) atoms. The van der Waals surface area contributed by atoms with Crippen LogP contribution in [-0.4, -0.2) is 9.78 Å². The van der Waals surface area contributed by atoms with Crippen LogP contribution >= 0.6 is 22.9 Å². The van der Waals surface area contributed by atoms with E-state index in [1.165, 1.54) is 0 Å². The zero-order chi connectivity index (χ0) is 12.7. The fraction of sp³-hybridized carbons (Fsp3) is 0.154. The summed E-state index contributed by atoms with van der Waals surface area (Å²) < 4.78 is 1.85. The molecular formula is C13H12ClN3S. The van der Waals surface area contributed by atoms with Crippen molar-refractivity contribution in [2.24, 2.45) is 12.8 Å². The van der Waals surface area contributed by atoms with Crippen molar-refractivity contribution in [1.29, 1.82) is 0 Å². The van der Waals surface area contributed by atoms with Gasteiger partial charge in [0.25, 0.3) is 0 Å². The maximum absolute atomic E-state index is 6.29. The third-order valence-electron chi connectivity index (χ3n) is 3.01. The summed E-state index contributed by atoms with van der Waals surface area (Å²) in [6.45, 7) is 0. The Labute approximate surface area is 114 Å². The number of rotatable bonds is 2. The third-order valence-corrected chi connectivity index (χ3v) is 4.45. The number of nitrogens with two attached hydrogens (primary N) is 1. The highest BCUT2D eigenvalue weighted by molar-refractivity contribution is 7.10. The highest BCUT2D eigenvalue weighted by Crippen LogP contribution is 2.33. The molecule has 2 N–H and O–H groups in total. The van der Waals surface area contributed by atoms with Crippen molar-refractivity contribution in [2.45, 2.75) is 6.04 Å². The Morgan fingerprint density at radius 2 is 2.11 bits per heavy atom. The molecule has 2 heterocycles. The summed E-state index contributed by atoms with van der Waals surface area (Å²) in [4.78, 5) is 0.959. The van der Waals surface area contributed by atoms with Gasteiger partial charge in [-0.2, -0.15) is 5.10 Å². The van der Waals surface area contributed by atoms with Crippen LogP contribution in [0.5, 0.6) is 0 Å². The molecule has 0 aliphatic rings.